The van der Waals surface area contributed by atoms with Gasteiger partial charge in [0.25, 0.3) is 0 Å². The van der Waals surface area contributed by atoms with E-state index in [-0.39, 0.29) is 0 Å². The largest absolute Gasteiger partial charge is 0.437 e. The summed E-state index contributed by atoms with van der Waals surface area (Å²) < 4.78 is 8.47. The molecule has 0 aliphatic carbocycles. The van der Waals surface area contributed by atoms with Gasteiger partial charge in [-0.15, -0.1) is 0 Å². The summed E-state index contributed by atoms with van der Waals surface area (Å²) in [6.45, 7) is 6.52. The Bertz CT molecular complexity index is 1340. The highest BCUT2D eigenvalue weighted by Gasteiger charge is 2.20. The zero-order valence-corrected chi connectivity index (χ0v) is 16.7. The van der Waals surface area contributed by atoms with Gasteiger partial charge in [0.15, 0.2) is 0 Å². The number of fused-ring (bicyclic) bond motifs is 4. The molecule has 28 heavy (non-hydrogen) atoms. The first-order valence-electron chi connectivity index (χ1n) is 9.76. The van der Waals surface area contributed by atoms with E-state index in [1.54, 1.807) is 0 Å². The van der Waals surface area contributed by atoms with Crippen LogP contribution in [0.4, 0.5) is 0 Å². The molecule has 4 nitrogen and oxygen atoms in total. The molecule has 0 radical (unpaired) electrons. The summed E-state index contributed by atoms with van der Waals surface area (Å²) in [4.78, 5) is 9.69. The highest BCUT2D eigenvalue weighted by atomic mass is 16.3. The van der Waals surface area contributed by atoms with Gasteiger partial charge in [-0.25, -0.2) is 9.97 Å². The van der Waals surface area contributed by atoms with Crippen LogP contribution in [0, 0.1) is 12.8 Å². The van der Waals surface area contributed by atoms with Crippen LogP contribution in [0.15, 0.2) is 52.9 Å². The standard InChI is InChI=1S/C24H23N3O/c1-14(2)13-16-10-12-18-17-11-9-15(3)21(22(17)28-24(18)25-16)23-26-19-7-5-6-8-20(19)27(23)4/h5-12,14H,13H2,1-4H3. The molecule has 5 rings (SSSR count). The molecule has 140 valence electrons. The summed E-state index contributed by atoms with van der Waals surface area (Å²) >= 11 is 0. The Morgan fingerprint density at radius 1 is 0.964 bits per heavy atom. The van der Waals surface area contributed by atoms with Gasteiger partial charge in [0.2, 0.25) is 5.71 Å². The lowest BCUT2D eigenvalue weighted by molar-refractivity contribution is 0.621. The average molecular weight is 369 g/mol. The number of imidazole rings is 1. The topological polar surface area (TPSA) is 43.9 Å². The number of rotatable bonds is 3. The Balaban J connectivity index is 1.80. The van der Waals surface area contributed by atoms with Crippen molar-refractivity contribution in [3.8, 4) is 11.4 Å². The number of pyridine rings is 1. The van der Waals surface area contributed by atoms with Gasteiger partial charge in [-0.1, -0.05) is 38.1 Å². The summed E-state index contributed by atoms with van der Waals surface area (Å²) in [7, 11) is 2.06. The van der Waals surface area contributed by atoms with Crippen molar-refractivity contribution in [3.05, 3.63) is 59.8 Å². The second-order valence-electron chi connectivity index (χ2n) is 7.97. The summed E-state index contributed by atoms with van der Waals surface area (Å²) in [5.41, 5.74) is 6.93. The fourth-order valence-corrected chi connectivity index (χ4v) is 4.04. The van der Waals surface area contributed by atoms with Crippen molar-refractivity contribution in [1.29, 1.82) is 0 Å². The summed E-state index contributed by atoms with van der Waals surface area (Å²) in [5, 5.41) is 2.15. The molecule has 0 aliphatic rings. The highest BCUT2D eigenvalue weighted by Crippen LogP contribution is 2.37. The number of hydrogen-bond donors (Lipinski definition) is 0. The maximum atomic E-state index is 6.33. The molecule has 0 fully saturated rings. The van der Waals surface area contributed by atoms with E-state index in [4.69, 9.17) is 14.4 Å². The first-order valence-corrected chi connectivity index (χ1v) is 9.76. The van der Waals surface area contributed by atoms with Crippen molar-refractivity contribution in [3.63, 3.8) is 0 Å². The summed E-state index contributed by atoms with van der Waals surface area (Å²) in [6, 6.07) is 16.7. The van der Waals surface area contributed by atoms with Gasteiger partial charge in [0.05, 0.1) is 16.6 Å². The maximum absolute atomic E-state index is 6.33. The second kappa shape index (κ2) is 6.20. The number of nitrogens with zero attached hydrogens (tertiary/aromatic N) is 3. The Kier molecular flexibility index (Phi) is 3.76. The van der Waals surface area contributed by atoms with Crippen LogP contribution in [-0.2, 0) is 13.5 Å². The molecule has 0 spiro atoms. The molecule has 2 aromatic carbocycles. The normalized spacial score (nSPS) is 12.0. The fraction of sp³-hybridized carbons (Fsp3) is 0.250. The van der Waals surface area contributed by atoms with Crippen LogP contribution in [-0.4, -0.2) is 14.5 Å². The Labute approximate surface area is 163 Å². The van der Waals surface area contributed by atoms with E-state index in [0.717, 1.165) is 56.5 Å². The molecule has 0 amide bonds. The van der Waals surface area contributed by atoms with Crippen LogP contribution in [0.1, 0.15) is 25.1 Å². The molecule has 5 aromatic rings. The Morgan fingerprint density at radius 3 is 2.54 bits per heavy atom. The van der Waals surface area contributed by atoms with Gasteiger partial charge in [0, 0.05) is 23.5 Å². The molecule has 4 heteroatoms. The lowest BCUT2D eigenvalue weighted by Crippen LogP contribution is -1.96. The molecule has 0 aliphatic heterocycles. The molecule has 0 unspecified atom stereocenters. The quantitative estimate of drug-likeness (QED) is 0.389. The molecule has 0 bridgehead atoms. The molecular formula is C24H23N3O. The van der Waals surface area contributed by atoms with Crippen LogP contribution in [0.2, 0.25) is 0 Å². The smallest absolute Gasteiger partial charge is 0.227 e. The predicted octanol–water partition coefficient (Wildman–Crippen LogP) is 6.04. The van der Waals surface area contributed by atoms with E-state index in [1.165, 1.54) is 0 Å². The second-order valence-corrected chi connectivity index (χ2v) is 7.97. The van der Waals surface area contributed by atoms with E-state index in [1.807, 2.05) is 18.2 Å². The van der Waals surface area contributed by atoms with Gasteiger partial charge in [-0.3, -0.25) is 0 Å². The van der Waals surface area contributed by atoms with Crippen molar-refractivity contribution in [2.45, 2.75) is 27.2 Å². The van der Waals surface area contributed by atoms with Gasteiger partial charge < -0.3 is 8.98 Å². The van der Waals surface area contributed by atoms with Crippen LogP contribution in [0.5, 0.6) is 0 Å². The van der Waals surface area contributed by atoms with E-state index < -0.39 is 0 Å². The number of furan rings is 1. The molecule has 3 aromatic heterocycles. The number of para-hydroxylation sites is 2. The fourth-order valence-electron chi connectivity index (χ4n) is 4.04. The Morgan fingerprint density at radius 2 is 1.75 bits per heavy atom. The molecule has 0 N–H and O–H groups in total. The zero-order chi connectivity index (χ0) is 19.4. The van der Waals surface area contributed by atoms with Crippen LogP contribution >= 0.6 is 0 Å². The van der Waals surface area contributed by atoms with Gasteiger partial charge >= 0.3 is 0 Å². The molecule has 0 saturated heterocycles. The highest BCUT2D eigenvalue weighted by molar-refractivity contribution is 6.09. The summed E-state index contributed by atoms with van der Waals surface area (Å²) in [5.74, 6) is 1.48. The van der Waals surface area contributed by atoms with Gasteiger partial charge in [0.1, 0.15) is 11.4 Å². The van der Waals surface area contributed by atoms with Crippen molar-refractivity contribution in [1.82, 2.24) is 14.5 Å². The number of hydrogen-bond acceptors (Lipinski definition) is 3. The van der Waals surface area contributed by atoms with E-state index in [2.05, 4.69) is 62.7 Å². The molecule has 0 saturated carbocycles. The lowest BCUT2D eigenvalue weighted by atomic mass is 10.0. The van der Waals surface area contributed by atoms with Gasteiger partial charge in [-0.05, 0) is 49.1 Å². The summed E-state index contributed by atoms with van der Waals surface area (Å²) in [6.07, 6.45) is 0.948. The predicted molar refractivity (Wildman–Crippen MR) is 115 cm³/mol. The third-order valence-corrected chi connectivity index (χ3v) is 5.40. The maximum Gasteiger partial charge on any atom is 0.227 e. The lowest BCUT2D eigenvalue weighted by Gasteiger charge is -2.07. The molecule has 3 heterocycles. The minimum atomic E-state index is 0.562. The first kappa shape index (κ1) is 17.0. The first-order chi connectivity index (χ1) is 13.5. The number of aromatic nitrogens is 3. The third kappa shape index (κ3) is 2.52. The SMILES string of the molecule is Cc1ccc2c(oc3nc(CC(C)C)ccc32)c1-c1nc2ccccc2n1C. The minimum absolute atomic E-state index is 0.562. The average Bonchev–Trinajstić information content (AvgIpc) is 3.19. The van der Waals surface area contributed by atoms with Crippen molar-refractivity contribution in [2.24, 2.45) is 13.0 Å². The van der Waals surface area contributed by atoms with Crippen molar-refractivity contribution in [2.75, 3.05) is 0 Å². The monoisotopic (exact) mass is 369 g/mol. The van der Waals surface area contributed by atoms with E-state index >= 15 is 0 Å². The van der Waals surface area contributed by atoms with Crippen LogP contribution in [0.3, 0.4) is 0 Å². The Hall–Kier alpha value is -3.14. The third-order valence-electron chi connectivity index (χ3n) is 5.40. The zero-order valence-electron chi connectivity index (χ0n) is 16.7. The van der Waals surface area contributed by atoms with Gasteiger partial charge in [-0.2, -0.15) is 0 Å². The van der Waals surface area contributed by atoms with Crippen LogP contribution in [0.25, 0.3) is 44.5 Å². The van der Waals surface area contributed by atoms with Crippen LogP contribution < -0.4 is 0 Å². The van der Waals surface area contributed by atoms with Crippen molar-refractivity contribution >= 4 is 33.1 Å². The van der Waals surface area contributed by atoms with E-state index in [0.29, 0.717) is 11.6 Å². The molecule has 0 atom stereocenters. The number of aryl methyl sites for hydroxylation is 2. The minimum Gasteiger partial charge on any atom is -0.437 e. The molecular weight excluding hydrogens is 346 g/mol. The van der Waals surface area contributed by atoms with E-state index in [9.17, 15) is 0 Å². The van der Waals surface area contributed by atoms with Crippen molar-refractivity contribution < 1.29 is 4.42 Å². The number of benzene rings is 2.